The van der Waals surface area contributed by atoms with E-state index >= 15 is 0 Å². The first kappa shape index (κ1) is 14.7. The summed E-state index contributed by atoms with van der Waals surface area (Å²) in [6.07, 6.45) is 5.83. The van der Waals surface area contributed by atoms with Gasteiger partial charge in [0.25, 0.3) is 0 Å². The van der Waals surface area contributed by atoms with Gasteiger partial charge in [-0.3, -0.25) is 4.79 Å². The van der Waals surface area contributed by atoms with Crippen LogP contribution in [0.4, 0.5) is 0 Å². The van der Waals surface area contributed by atoms with Crippen LogP contribution in [-0.4, -0.2) is 49.7 Å². The lowest BCUT2D eigenvalue weighted by molar-refractivity contribution is -0.134. The fourth-order valence-electron chi connectivity index (χ4n) is 2.51. The molecule has 2 aliphatic rings. The van der Waals surface area contributed by atoms with Crippen LogP contribution in [-0.2, 0) is 9.53 Å². The van der Waals surface area contributed by atoms with Gasteiger partial charge in [0, 0.05) is 20.2 Å². The van der Waals surface area contributed by atoms with Crippen LogP contribution in [0.3, 0.4) is 0 Å². The Labute approximate surface area is 109 Å². The molecule has 4 nitrogen and oxygen atoms in total. The van der Waals surface area contributed by atoms with Crippen LogP contribution >= 0.6 is 12.4 Å². The number of halogens is 1. The summed E-state index contributed by atoms with van der Waals surface area (Å²) in [5.74, 6) is 0.232. The molecule has 0 spiro atoms. The molecular formula is C12H23ClN2O2. The summed E-state index contributed by atoms with van der Waals surface area (Å²) in [4.78, 5) is 13.9. The smallest absolute Gasteiger partial charge is 0.239 e. The van der Waals surface area contributed by atoms with Crippen molar-refractivity contribution in [3.63, 3.8) is 0 Å². The largest absolute Gasteiger partial charge is 0.376 e. The molecule has 17 heavy (non-hydrogen) atoms. The molecule has 5 heteroatoms. The lowest BCUT2D eigenvalue weighted by Gasteiger charge is -2.28. The van der Waals surface area contributed by atoms with Crippen molar-refractivity contribution in [1.82, 2.24) is 10.2 Å². The molecule has 1 N–H and O–H groups in total. The van der Waals surface area contributed by atoms with Crippen LogP contribution in [0.25, 0.3) is 0 Å². The number of hydrogen-bond donors (Lipinski definition) is 1. The van der Waals surface area contributed by atoms with Crippen molar-refractivity contribution in [1.29, 1.82) is 0 Å². The number of carbonyl (C=O) groups is 1. The van der Waals surface area contributed by atoms with Gasteiger partial charge in [-0.1, -0.05) is 6.42 Å². The highest BCUT2D eigenvalue weighted by atomic mass is 35.5. The van der Waals surface area contributed by atoms with Gasteiger partial charge in [-0.25, -0.2) is 0 Å². The van der Waals surface area contributed by atoms with Gasteiger partial charge in [0.1, 0.15) is 0 Å². The summed E-state index contributed by atoms with van der Waals surface area (Å²) < 4.78 is 5.55. The fourth-order valence-corrected chi connectivity index (χ4v) is 2.51. The minimum absolute atomic E-state index is 0. The molecule has 0 aromatic carbocycles. The van der Waals surface area contributed by atoms with Crippen molar-refractivity contribution in [2.75, 3.05) is 26.7 Å². The molecule has 0 aliphatic carbocycles. The van der Waals surface area contributed by atoms with E-state index in [1.807, 2.05) is 11.9 Å². The molecule has 2 atom stereocenters. The van der Waals surface area contributed by atoms with Crippen molar-refractivity contribution < 1.29 is 9.53 Å². The number of amides is 1. The Morgan fingerprint density at radius 2 is 2.18 bits per heavy atom. The highest BCUT2D eigenvalue weighted by Crippen LogP contribution is 2.14. The van der Waals surface area contributed by atoms with Gasteiger partial charge < -0.3 is 15.0 Å². The zero-order valence-electron chi connectivity index (χ0n) is 10.5. The van der Waals surface area contributed by atoms with E-state index in [9.17, 15) is 4.79 Å². The summed E-state index contributed by atoms with van der Waals surface area (Å²) >= 11 is 0. The second-order valence-corrected chi connectivity index (χ2v) is 4.86. The molecule has 0 saturated carbocycles. The third-order valence-corrected chi connectivity index (χ3v) is 3.49. The van der Waals surface area contributed by atoms with Crippen molar-refractivity contribution >= 4 is 18.3 Å². The first-order valence-electron chi connectivity index (χ1n) is 6.37. The summed E-state index contributed by atoms with van der Waals surface area (Å²) in [6.45, 7) is 2.58. The van der Waals surface area contributed by atoms with E-state index in [2.05, 4.69) is 5.32 Å². The quantitative estimate of drug-likeness (QED) is 0.831. The molecule has 0 aromatic heterocycles. The zero-order chi connectivity index (χ0) is 11.4. The van der Waals surface area contributed by atoms with Gasteiger partial charge in [-0.15, -0.1) is 12.4 Å². The summed E-state index contributed by atoms with van der Waals surface area (Å²) in [6, 6.07) is 0.0418. The molecule has 0 bridgehead atoms. The van der Waals surface area contributed by atoms with Crippen molar-refractivity contribution in [2.45, 2.75) is 44.2 Å². The Hall–Kier alpha value is -0.320. The zero-order valence-corrected chi connectivity index (χ0v) is 11.3. The van der Waals surface area contributed by atoms with Gasteiger partial charge in [0.2, 0.25) is 5.91 Å². The maximum absolute atomic E-state index is 12.1. The molecule has 100 valence electrons. The first-order chi connectivity index (χ1) is 7.77. The maximum Gasteiger partial charge on any atom is 0.239 e. The Kier molecular flexibility index (Phi) is 6.23. The summed E-state index contributed by atoms with van der Waals surface area (Å²) in [7, 11) is 1.89. The standard InChI is InChI=1S/C12H22N2O2.ClH/c1-14(9-10-5-4-8-16-10)12(15)11-6-2-3-7-13-11;/h10-11,13H,2-9H2,1H3;1H/t10?,11-;/m1./s1. The molecule has 2 aliphatic heterocycles. The normalized spacial score (nSPS) is 28.5. The van der Waals surface area contributed by atoms with Crippen LogP contribution < -0.4 is 5.32 Å². The maximum atomic E-state index is 12.1. The van der Waals surface area contributed by atoms with Gasteiger partial charge >= 0.3 is 0 Å². The van der Waals surface area contributed by atoms with Crippen LogP contribution in [0.5, 0.6) is 0 Å². The lowest BCUT2D eigenvalue weighted by Crippen LogP contribution is -2.48. The molecule has 0 aromatic rings. The number of hydrogen-bond acceptors (Lipinski definition) is 3. The predicted octanol–water partition coefficient (Wildman–Crippen LogP) is 1.19. The molecule has 1 amide bonds. The predicted molar refractivity (Wildman–Crippen MR) is 69.5 cm³/mol. The Morgan fingerprint density at radius 1 is 1.35 bits per heavy atom. The van der Waals surface area contributed by atoms with Crippen LogP contribution in [0.15, 0.2) is 0 Å². The monoisotopic (exact) mass is 262 g/mol. The van der Waals surface area contributed by atoms with E-state index in [0.717, 1.165) is 45.4 Å². The van der Waals surface area contributed by atoms with Crippen LogP contribution in [0.1, 0.15) is 32.1 Å². The first-order valence-corrected chi connectivity index (χ1v) is 6.37. The van der Waals surface area contributed by atoms with Crippen molar-refractivity contribution in [3.8, 4) is 0 Å². The van der Waals surface area contributed by atoms with E-state index in [1.165, 1.54) is 6.42 Å². The van der Waals surface area contributed by atoms with E-state index in [1.54, 1.807) is 0 Å². The highest BCUT2D eigenvalue weighted by molar-refractivity contribution is 5.85. The minimum atomic E-state index is 0. The summed E-state index contributed by atoms with van der Waals surface area (Å²) in [5.41, 5.74) is 0. The Balaban J connectivity index is 0.00000144. The number of ether oxygens (including phenoxy) is 1. The van der Waals surface area contributed by atoms with E-state index in [-0.39, 0.29) is 30.5 Å². The van der Waals surface area contributed by atoms with Crippen molar-refractivity contribution in [3.05, 3.63) is 0 Å². The SMILES string of the molecule is CN(CC1CCCO1)C(=O)[C@H]1CCCCN1.Cl. The van der Waals surface area contributed by atoms with Gasteiger partial charge in [-0.05, 0) is 32.2 Å². The molecule has 2 rings (SSSR count). The third kappa shape index (κ3) is 4.12. The fraction of sp³-hybridized carbons (Fsp3) is 0.917. The van der Waals surface area contributed by atoms with Crippen LogP contribution in [0, 0.1) is 0 Å². The Bertz CT molecular complexity index is 239. The lowest BCUT2D eigenvalue weighted by atomic mass is 10.0. The number of likely N-dealkylation sites (N-methyl/N-ethyl adjacent to an activating group) is 1. The third-order valence-electron chi connectivity index (χ3n) is 3.49. The van der Waals surface area contributed by atoms with Gasteiger partial charge in [0.15, 0.2) is 0 Å². The minimum Gasteiger partial charge on any atom is -0.376 e. The van der Waals surface area contributed by atoms with Crippen LogP contribution in [0.2, 0.25) is 0 Å². The topological polar surface area (TPSA) is 41.6 Å². The molecular weight excluding hydrogens is 240 g/mol. The number of carbonyl (C=O) groups excluding carboxylic acids is 1. The Morgan fingerprint density at radius 3 is 2.76 bits per heavy atom. The molecule has 1 unspecified atom stereocenters. The van der Waals surface area contributed by atoms with E-state index < -0.39 is 0 Å². The molecule has 2 saturated heterocycles. The van der Waals surface area contributed by atoms with E-state index in [0.29, 0.717) is 0 Å². The average Bonchev–Trinajstić information content (AvgIpc) is 2.82. The van der Waals surface area contributed by atoms with Gasteiger partial charge in [-0.2, -0.15) is 0 Å². The second kappa shape index (κ2) is 7.19. The number of piperidine rings is 1. The summed E-state index contributed by atoms with van der Waals surface area (Å²) in [5, 5.41) is 3.29. The highest BCUT2D eigenvalue weighted by Gasteiger charge is 2.26. The van der Waals surface area contributed by atoms with E-state index in [4.69, 9.17) is 4.74 Å². The van der Waals surface area contributed by atoms with Gasteiger partial charge in [0.05, 0.1) is 12.1 Å². The molecule has 2 heterocycles. The second-order valence-electron chi connectivity index (χ2n) is 4.86. The number of nitrogens with one attached hydrogen (secondary N) is 1. The average molecular weight is 263 g/mol. The molecule has 2 fully saturated rings. The number of rotatable bonds is 3. The molecule has 0 radical (unpaired) electrons. The number of nitrogens with zero attached hydrogens (tertiary/aromatic N) is 1. The van der Waals surface area contributed by atoms with Crippen molar-refractivity contribution in [2.24, 2.45) is 0 Å².